The highest BCUT2D eigenvalue weighted by Crippen LogP contribution is 2.27. The quantitative estimate of drug-likeness (QED) is 0.328. The third-order valence-electron chi connectivity index (χ3n) is 3.95. The number of benzene rings is 1. The fraction of sp³-hybridized carbons (Fsp3) is 0.250. The molecule has 3 aromatic rings. The van der Waals surface area contributed by atoms with Crippen molar-refractivity contribution < 1.29 is 19.1 Å². The van der Waals surface area contributed by atoms with Gasteiger partial charge in [-0.25, -0.2) is 24.2 Å². The number of esters is 2. The SMILES string of the molecule is CCOC(=O)c1cnc(SC)nc1Nc1c(C(=O)OCC)cnn1-c1ccccc1. The summed E-state index contributed by atoms with van der Waals surface area (Å²) in [5.41, 5.74) is 1.07. The van der Waals surface area contributed by atoms with E-state index in [4.69, 9.17) is 9.47 Å². The Morgan fingerprint density at radius 3 is 2.33 bits per heavy atom. The van der Waals surface area contributed by atoms with Gasteiger partial charge in [0.1, 0.15) is 16.9 Å². The molecule has 1 N–H and O–H groups in total. The highest BCUT2D eigenvalue weighted by atomic mass is 32.2. The molecule has 0 aliphatic heterocycles. The van der Waals surface area contributed by atoms with Crippen molar-refractivity contribution in [2.75, 3.05) is 24.8 Å². The number of thioether (sulfide) groups is 1. The second kappa shape index (κ2) is 9.88. The molecule has 10 heteroatoms. The van der Waals surface area contributed by atoms with E-state index in [1.165, 1.54) is 24.2 Å². The van der Waals surface area contributed by atoms with Crippen molar-refractivity contribution in [3.8, 4) is 5.69 Å². The van der Waals surface area contributed by atoms with Gasteiger partial charge in [0.05, 0.1) is 25.1 Å². The standard InChI is InChI=1S/C20H21N5O4S/c1-4-28-18(26)14-11-21-20(30-3)24-16(14)23-17-15(19(27)29-5-2)12-22-25(17)13-9-7-6-8-10-13/h6-12H,4-5H2,1-3H3,(H,21,23,24). The molecule has 0 spiro atoms. The maximum atomic E-state index is 12.5. The molecule has 0 amide bonds. The van der Waals surface area contributed by atoms with Crippen LogP contribution in [-0.4, -0.2) is 51.2 Å². The fourth-order valence-corrected chi connectivity index (χ4v) is 2.96. The first kappa shape index (κ1) is 21.3. The first-order chi connectivity index (χ1) is 14.6. The van der Waals surface area contributed by atoms with Gasteiger partial charge in [-0.3, -0.25) is 0 Å². The zero-order valence-corrected chi connectivity index (χ0v) is 17.6. The van der Waals surface area contributed by atoms with Crippen LogP contribution in [0.25, 0.3) is 5.69 Å². The lowest BCUT2D eigenvalue weighted by Crippen LogP contribution is -2.14. The molecule has 0 bridgehead atoms. The molecule has 0 aliphatic carbocycles. The number of hydrogen-bond donors (Lipinski definition) is 1. The summed E-state index contributed by atoms with van der Waals surface area (Å²) in [6, 6.07) is 9.26. The summed E-state index contributed by atoms with van der Waals surface area (Å²) < 4.78 is 11.8. The van der Waals surface area contributed by atoms with Crippen molar-refractivity contribution in [1.82, 2.24) is 19.7 Å². The van der Waals surface area contributed by atoms with Gasteiger partial charge >= 0.3 is 11.9 Å². The number of para-hydroxylation sites is 1. The highest BCUT2D eigenvalue weighted by Gasteiger charge is 2.23. The average molecular weight is 427 g/mol. The number of anilines is 2. The Balaban J connectivity index is 2.12. The summed E-state index contributed by atoms with van der Waals surface area (Å²) in [7, 11) is 0. The Morgan fingerprint density at radius 1 is 1.03 bits per heavy atom. The smallest absolute Gasteiger partial charge is 0.343 e. The Labute approximate surface area is 177 Å². The van der Waals surface area contributed by atoms with Crippen molar-refractivity contribution in [2.45, 2.75) is 19.0 Å². The Kier molecular flexibility index (Phi) is 7.02. The molecule has 0 atom stereocenters. The van der Waals surface area contributed by atoms with E-state index in [-0.39, 0.29) is 30.2 Å². The Hall–Kier alpha value is -3.40. The normalized spacial score (nSPS) is 10.5. The molecule has 0 saturated carbocycles. The van der Waals surface area contributed by atoms with E-state index in [2.05, 4.69) is 20.4 Å². The maximum absolute atomic E-state index is 12.5. The van der Waals surface area contributed by atoms with E-state index in [0.29, 0.717) is 16.7 Å². The zero-order chi connectivity index (χ0) is 21.5. The molecule has 1 aromatic carbocycles. The van der Waals surface area contributed by atoms with Crippen molar-refractivity contribution in [3.63, 3.8) is 0 Å². The highest BCUT2D eigenvalue weighted by molar-refractivity contribution is 7.98. The Morgan fingerprint density at radius 2 is 1.70 bits per heavy atom. The monoisotopic (exact) mass is 427 g/mol. The van der Waals surface area contributed by atoms with Crippen LogP contribution in [0.5, 0.6) is 0 Å². The maximum Gasteiger partial charge on any atom is 0.343 e. The van der Waals surface area contributed by atoms with Gasteiger partial charge in [0.2, 0.25) is 0 Å². The number of nitrogens with one attached hydrogen (secondary N) is 1. The lowest BCUT2D eigenvalue weighted by Gasteiger charge is -2.14. The number of rotatable bonds is 8. The molecule has 0 radical (unpaired) electrons. The van der Waals surface area contributed by atoms with Gasteiger partial charge < -0.3 is 14.8 Å². The summed E-state index contributed by atoms with van der Waals surface area (Å²) in [6.45, 7) is 3.86. The largest absolute Gasteiger partial charge is 0.462 e. The van der Waals surface area contributed by atoms with Crippen LogP contribution in [0.1, 0.15) is 34.6 Å². The van der Waals surface area contributed by atoms with Crippen LogP contribution in [0.15, 0.2) is 47.9 Å². The number of ether oxygens (including phenoxy) is 2. The molecule has 30 heavy (non-hydrogen) atoms. The number of carbonyl (C=O) groups is 2. The molecule has 0 unspecified atom stereocenters. The van der Waals surface area contributed by atoms with E-state index in [9.17, 15) is 9.59 Å². The van der Waals surface area contributed by atoms with E-state index < -0.39 is 11.9 Å². The van der Waals surface area contributed by atoms with Gasteiger partial charge in [0.15, 0.2) is 11.0 Å². The van der Waals surface area contributed by atoms with E-state index in [1.807, 2.05) is 36.6 Å². The lowest BCUT2D eigenvalue weighted by molar-refractivity contribution is 0.0518. The van der Waals surface area contributed by atoms with Gasteiger partial charge in [-0.05, 0) is 32.2 Å². The summed E-state index contributed by atoms with van der Waals surface area (Å²) in [5, 5.41) is 7.86. The zero-order valence-electron chi connectivity index (χ0n) is 16.8. The topological polar surface area (TPSA) is 108 Å². The number of carbonyl (C=O) groups excluding carboxylic acids is 2. The fourth-order valence-electron chi connectivity index (χ4n) is 2.62. The van der Waals surface area contributed by atoms with Gasteiger partial charge in [0.25, 0.3) is 0 Å². The molecule has 0 aliphatic rings. The van der Waals surface area contributed by atoms with Crippen LogP contribution in [0.2, 0.25) is 0 Å². The number of nitrogens with zero attached hydrogens (tertiary/aromatic N) is 4. The minimum Gasteiger partial charge on any atom is -0.462 e. The first-order valence-corrected chi connectivity index (χ1v) is 10.5. The predicted octanol–water partition coefficient (Wildman–Crippen LogP) is 3.48. The number of aromatic nitrogens is 4. The minimum absolute atomic E-state index is 0.144. The van der Waals surface area contributed by atoms with E-state index in [1.54, 1.807) is 18.5 Å². The molecular formula is C20H21N5O4S. The van der Waals surface area contributed by atoms with Crippen LogP contribution in [0.4, 0.5) is 11.6 Å². The van der Waals surface area contributed by atoms with Gasteiger partial charge in [-0.15, -0.1) is 0 Å². The van der Waals surface area contributed by atoms with Gasteiger partial charge in [-0.1, -0.05) is 30.0 Å². The van der Waals surface area contributed by atoms with Crippen molar-refractivity contribution in [1.29, 1.82) is 0 Å². The number of hydrogen-bond acceptors (Lipinski definition) is 9. The Bertz CT molecular complexity index is 1040. The van der Waals surface area contributed by atoms with E-state index in [0.717, 1.165) is 0 Å². The van der Waals surface area contributed by atoms with Crippen LogP contribution in [-0.2, 0) is 9.47 Å². The first-order valence-electron chi connectivity index (χ1n) is 9.24. The average Bonchev–Trinajstić information content (AvgIpc) is 3.18. The van der Waals surface area contributed by atoms with Gasteiger partial charge in [-0.2, -0.15) is 5.10 Å². The summed E-state index contributed by atoms with van der Waals surface area (Å²) in [4.78, 5) is 33.5. The second-order valence-electron chi connectivity index (χ2n) is 5.84. The third kappa shape index (κ3) is 4.60. The summed E-state index contributed by atoms with van der Waals surface area (Å²) in [5.74, 6) is -0.595. The molecular weight excluding hydrogens is 406 g/mol. The van der Waals surface area contributed by atoms with Crippen LogP contribution < -0.4 is 5.32 Å². The molecule has 0 saturated heterocycles. The molecule has 0 fully saturated rings. The molecule has 3 rings (SSSR count). The third-order valence-corrected chi connectivity index (χ3v) is 4.51. The van der Waals surface area contributed by atoms with Crippen LogP contribution in [0, 0.1) is 0 Å². The van der Waals surface area contributed by atoms with Crippen molar-refractivity contribution >= 4 is 35.3 Å². The van der Waals surface area contributed by atoms with Crippen LogP contribution in [0.3, 0.4) is 0 Å². The lowest BCUT2D eigenvalue weighted by atomic mass is 10.2. The van der Waals surface area contributed by atoms with Gasteiger partial charge in [0, 0.05) is 6.20 Å². The summed E-state index contributed by atoms with van der Waals surface area (Å²) in [6.07, 6.45) is 4.63. The summed E-state index contributed by atoms with van der Waals surface area (Å²) >= 11 is 1.32. The molecule has 2 heterocycles. The molecule has 156 valence electrons. The van der Waals surface area contributed by atoms with Crippen molar-refractivity contribution in [3.05, 3.63) is 53.9 Å². The predicted molar refractivity (Wildman–Crippen MR) is 113 cm³/mol. The molecule has 2 aromatic heterocycles. The second-order valence-corrected chi connectivity index (χ2v) is 6.61. The molecule has 9 nitrogen and oxygen atoms in total. The van der Waals surface area contributed by atoms with Crippen LogP contribution >= 0.6 is 11.8 Å². The van der Waals surface area contributed by atoms with Crippen molar-refractivity contribution in [2.24, 2.45) is 0 Å². The minimum atomic E-state index is -0.573. The van der Waals surface area contributed by atoms with E-state index >= 15 is 0 Å².